The van der Waals surface area contributed by atoms with Gasteiger partial charge in [0.2, 0.25) is 0 Å². The van der Waals surface area contributed by atoms with Gasteiger partial charge >= 0.3 is 5.97 Å². The maximum atomic E-state index is 12.1. The van der Waals surface area contributed by atoms with Crippen molar-refractivity contribution in [3.05, 3.63) is 0 Å². The van der Waals surface area contributed by atoms with Crippen molar-refractivity contribution < 1.29 is 18.3 Å². The predicted octanol–water partition coefficient (Wildman–Crippen LogP) is 1.20. The standard InChI is InChI=1S/C12H24N2O4S/c1-12(2,3)9-10(8-11(15)16)13-19(17,18)14-6-4-5-7-14/h10,13H,4-9H2,1-3H3,(H,15,16). The summed E-state index contributed by atoms with van der Waals surface area (Å²) in [4.78, 5) is 10.9. The Morgan fingerprint density at radius 3 is 2.26 bits per heavy atom. The molecule has 0 aromatic carbocycles. The molecule has 0 saturated carbocycles. The van der Waals surface area contributed by atoms with Gasteiger partial charge in [-0.25, -0.2) is 0 Å². The van der Waals surface area contributed by atoms with Gasteiger partial charge in [-0.3, -0.25) is 4.79 Å². The van der Waals surface area contributed by atoms with Crippen LogP contribution in [0.15, 0.2) is 0 Å². The molecule has 0 aliphatic carbocycles. The van der Waals surface area contributed by atoms with Crippen molar-refractivity contribution >= 4 is 16.2 Å². The van der Waals surface area contributed by atoms with Gasteiger partial charge in [-0.1, -0.05) is 20.8 Å². The molecule has 7 heteroatoms. The third-order valence-corrected chi connectivity index (χ3v) is 4.68. The van der Waals surface area contributed by atoms with Crippen molar-refractivity contribution in [3.8, 4) is 0 Å². The lowest BCUT2D eigenvalue weighted by molar-refractivity contribution is -0.137. The minimum Gasteiger partial charge on any atom is -0.481 e. The minimum atomic E-state index is -3.56. The maximum Gasteiger partial charge on any atom is 0.304 e. The number of aliphatic carboxylic acids is 1. The molecule has 19 heavy (non-hydrogen) atoms. The average Bonchev–Trinajstić information content (AvgIpc) is 2.64. The molecule has 1 rings (SSSR count). The first-order chi connectivity index (χ1) is 8.60. The Hall–Kier alpha value is -0.660. The van der Waals surface area contributed by atoms with Crippen LogP contribution in [-0.4, -0.2) is 42.9 Å². The minimum absolute atomic E-state index is 0.131. The smallest absolute Gasteiger partial charge is 0.304 e. The van der Waals surface area contributed by atoms with Crippen molar-refractivity contribution in [1.29, 1.82) is 0 Å². The number of carboxylic acid groups (broad SMARTS) is 1. The van der Waals surface area contributed by atoms with Gasteiger partial charge in [-0.15, -0.1) is 0 Å². The van der Waals surface area contributed by atoms with Gasteiger partial charge in [0, 0.05) is 19.1 Å². The number of hydrogen-bond acceptors (Lipinski definition) is 3. The van der Waals surface area contributed by atoms with Crippen LogP contribution < -0.4 is 4.72 Å². The van der Waals surface area contributed by atoms with Gasteiger partial charge < -0.3 is 5.11 Å². The molecule has 1 saturated heterocycles. The Morgan fingerprint density at radius 2 is 1.84 bits per heavy atom. The van der Waals surface area contributed by atoms with Crippen LogP contribution in [0.25, 0.3) is 0 Å². The van der Waals surface area contributed by atoms with E-state index in [4.69, 9.17) is 5.11 Å². The fourth-order valence-electron chi connectivity index (χ4n) is 2.32. The third kappa shape index (κ3) is 5.88. The molecule has 0 radical (unpaired) electrons. The predicted molar refractivity (Wildman–Crippen MR) is 73.0 cm³/mol. The molecule has 1 aliphatic rings. The fraction of sp³-hybridized carbons (Fsp3) is 0.917. The molecular formula is C12H24N2O4S. The molecule has 1 heterocycles. The van der Waals surface area contributed by atoms with E-state index in [9.17, 15) is 13.2 Å². The van der Waals surface area contributed by atoms with Gasteiger partial charge in [0.05, 0.1) is 6.42 Å². The zero-order chi connectivity index (χ0) is 14.7. The summed E-state index contributed by atoms with van der Waals surface area (Å²) in [7, 11) is -3.56. The Bertz CT molecular complexity index is 408. The van der Waals surface area contributed by atoms with Gasteiger partial charge in [-0.2, -0.15) is 17.4 Å². The molecule has 0 aromatic rings. The second-order valence-corrected chi connectivity index (χ2v) is 7.99. The number of carboxylic acids is 1. The number of nitrogens with zero attached hydrogens (tertiary/aromatic N) is 1. The topological polar surface area (TPSA) is 86.7 Å². The van der Waals surface area contributed by atoms with E-state index < -0.39 is 22.2 Å². The Balaban J connectivity index is 2.72. The SMILES string of the molecule is CC(C)(C)CC(CC(=O)O)NS(=O)(=O)N1CCCC1. The monoisotopic (exact) mass is 292 g/mol. The van der Waals surface area contributed by atoms with Gasteiger partial charge in [0.15, 0.2) is 0 Å². The lowest BCUT2D eigenvalue weighted by Gasteiger charge is -2.27. The van der Waals surface area contributed by atoms with Crippen molar-refractivity contribution in [2.24, 2.45) is 5.41 Å². The van der Waals surface area contributed by atoms with Crippen LogP contribution in [0, 0.1) is 5.41 Å². The summed E-state index contributed by atoms with van der Waals surface area (Å²) in [6.07, 6.45) is 2.03. The largest absolute Gasteiger partial charge is 0.481 e. The summed E-state index contributed by atoms with van der Waals surface area (Å²) >= 11 is 0. The molecule has 6 nitrogen and oxygen atoms in total. The Kier molecular flexibility index (Phi) is 5.34. The highest BCUT2D eigenvalue weighted by Crippen LogP contribution is 2.23. The quantitative estimate of drug-likeness (QED) is 0.770. The Labute approximate surface area is 115 Å². The van der Waals surface area contributed by atoms with E-state index in [2.05, 4.69) is 4.72 Å². The first kappa shape index (κ1) is 16.4. The first-order valence-electron chi connectivity index (χ1n) is 6.59. The van der Waals surface area contributed by atoms with Crippen LogP contribution in [0.2, 0.25) is 0 Å². The van der Waals surface area contributed by atoms with E-state index in [1.54, 1.807) is 0 Å². The second kappa shape index (κ2) is 6.19. The number of rotatable bonds is 6. The fourth-order valence-corrected chi connectivity index (χ4v) is 3.80. The number of carbonyl (C=O) groups is 1. The van der Waals surface area contributed by atoms with E-state index in [0.29, 0.717) is 19.5 Å². The van der Waals surface area contributed by atoms with E-state index in [-0.39, 0.29) is 11.8 Å². The number of hydrogen-bond donors (Lipinski definition) is 2. The molecule has 0 spiro atoms. The molecule has 1 unspecified atom stereocenters. The second-order valence-electron chi connectivity index (χ2n) is 6.29. The first-order valence-corrected chi connectivity index (χ1v) is 8.03. The average molecular weight is 292 g/mol. The lowest BCUT2D eigenvalue weighted by Crippen LogP contribution is -2.46. The van der Waals surface area contributed by atoms with Crippen LogP contribution in [0.3, 0.4) is 0 Å². The summed E-state index contributed by atoms with van der Waals surface area (Å²) < 4.78 is 28.2. The molecule has 112 valence electrons. The van der Waals surface area contributed by atoms with Crippen LogP contribution in [0.1, 0.15) is 46.5 Å². The zero-order valence-corrected chi connectivity index (χ0v) is 12.7. The van der Waals surface area contributed by atoms with E-state index in [1.807, 2.05) is 20.8 Å². The summed E-state index contributed by atoms with van der Waals surface area (Å²) in [5.74, 6) is -0.988. The summed E-state index contributed by atoms with van der Waals surface area (Å²) in [5, 5.41) is 8.89. The van der Waals surface area contributed by atoms with Crippen LogP contribution in [0.4, 0.5) is 0 Å². The molecular weight excluding hydrogens is 268 g/mol. The maximum absolute atomic E-state index is 12.1. The molecule has 1 fully saturated rings. The summed E-state index contributed by atoms with van der Waals surface area (Å²) in [5.41, 5.74) is -0.131. The van der Waals surface area contributed by atoms with Crippen LogP contribution >= 0.6 is 0 Å². The molecule has 1 atom stereocenters. The third-order valence-electron chi connectivity index (χ3n) is 3.00. The zero-order valence-electron chi connectivity index (χ0n) is 11.8. The van der Waals surface area contributed by atoms with Crippen molar-refractivity contribution in [2.45, 2.75) is 52.5 Å². The summed E-state index contributed by atoms with van der Waals surface area (Å²) in [6, 6.07) is -0.567. The van der Waals surface area contributed by atoms with Crippen molar-refractivity contribution in [3.63, 3.8) is 0 Å². The van der Waals surface area contributed by atoms with Crippen molar-refractivity contribution in [2.75, 3.05) is 13.1 Å². The summed E-state index contributed by atoms with van der Waals surface area (Å²) in [6.45, 7) is 6.93. The lowest BCUT2D eigenvalue weighted by atomic mass is 9.87. The van der Waals surface area contributed by atoms with Gasteiger partial charge in [-0.05, 0) is 24.7 Å². The van der Waals surface area contributed by atoms with Gasteiger partial charge in [0.25, 0.3) is 10.2 Å². The van der Waals surface area contributed by atoms with Crippen LogP contribution in [0.5, 0.6) is 0 Å². The van der Waals surface area contributed by atoms with Gasteiger partial charge in [0.1, 0.15) is 0 Å². The molecule has 1 aliphatic heterocycles. The highest BCUT2D eigenvalue weighted by Gasteiger charge is 2.30. The highest BCUT2D eigenvalue weighted by molar-refractivity contribution is 7.87. The van der Waals surface area contributed by atoms with Crippen LogP contribution in [-0.2, 0) is 15.0 Å². The van der Waals surface area contributed by atoms with E-state index in [1.165, 1.54) is 4.31 Å². The molecule has 0 aromatic heterocycles. The van der Waals surface area contributed by atoms with E-state index >= 15 is 0 Å². The Morgan fingerprint density at radius 1 is 1.32 bits per heavy atom. The highest BCUT2D eigenvalue weighted by atomic mass is 32.2. The van der Waals surface area contributed by atoms with Crippen molar-refractivity contribution in [1.82, 2.24) is 9.03 Å². The number of nitrogens with one attached hydrogen (secondary N) is 1. The normalized spacial score (nSPS) is 19.5. The molecule has 2 N–H and O–H groups in total. The van der Waals surface area contributed by atoms with E-state index in [0.717, 1.165) is 12.8 Å². The molecule has 0 amide bonds. The molecule has 0 bridgehead atoms.